The molecule has 0 aliphatic heterocycles. The number of rotatable bonds is 11. The minimum Gasteiger partial charge on any atom is -0.385 e. The van der Waals surface area contributed by atoms with Gasteiger partial charge < -0.3 is 19.9 Å². The topological polar surface area (TPSA) is 61.9 Å². The first-order valence-electron chi connectivity index (χ1n) is 11.5. The molecule has 1 aromatic heterocycles. The molecule has 0 atom stereocenters. The predicted octanol–water partition coefficient (Wildman–Crippen LogP) is 4.66. The Kier molecular flexibility index (Phi) is 10.0. The summed E-state index contributed by atoms with van der Waals surface area (Å²) in [6.45, 7) is 2.19. The summed E-state index contributed by atoms with van der Waals surface area (Å²) >= 11 is 1.64. The minimum atomic E-state index is -0.142. The van der Waals surface area contributed by atoms with Crippen molar-refractivity contribution in [2.75, 3.05) is 26.8 Å². The van der Waals surface area contributed by atoms with E-state index in [1.54, 1.807) is 23.3 Å². The molecule has 0 unspecified atom stereocenters. The third-order valence-corrected chi connectivity index (χ3v) is 6.68. The quantitative estimate of drug-likeness (QED) is 0.499. The van der Waals surface area contributed by atoms with E-state index in [1.807, 2.05) is 52.7 Å². The van der Waals surface area contributed by atoms with Crippen molar-refractivity contribution in [3.8, 4) is 0 Å². The van der Waals surface area contributed by atoms with Gasteiger partial charge in [-0.3, -0.25) is 4.79 Å². The zero-order valence-corrected chi connectivity index (χ0v) is 19.8. The van der Waals surface area contributed by atoms with Crippen LogP contribution >= 0.6 is 11.3 Å². The zero-order chi connectivity index (χ0) is 22.6. The van der Waals surface area contributed by atoms with E-state index in [2.05, 4.69) is 5.32 Å². The second-order valence-corrected chi connectivity index (χ2v) is 9.40. The Hall–Kier alpha value is -2.38. The smallest absolute Gasteiger partial charge is 0.318 e. The van der Waals surface area contributed by atoms with Gasteiger partial charge in [0.2, 0.25) is 5.91 Å². The number of ether oxygens (including phenoxy) is 1. The molecule has 6 nitrogen and oxygen atoms in total. The number of amides is 3. The van der Waals surface area contributed by atoms with Crippen LogP contribution in [0.3, 0.4) is 0 Å². The van der Waals surface area contributed by atoms with Crippen LogP contribution in [0, 0.1) is 0 Å². The van der Waals surface area contributed by atoms with Crippen molar-refractivity contribution >= 4 is 23.3 Å². The highest BCUT2D eigenvalue weighted by Crippen LogP contribution is 2.18. The Morgan fingerprint density at radius 2 is 1.81 bits per heavy atom. The minimum absolute atomic E-state index is 0.0431. The average molecular weight is 458 g/mol. The first-order chi connectivity index (χ1) is 15.7. The van der Waals surface area contributed by atoms with Gasteiger partial charge in [0, 0.05) is 37.7 Å². The molecule has 0 radical (unpaired) electrons. The Bertz CT molecular complexity index is 807. The molecular weight excluding hydrogens is 422 g/mol. The van der Waals surface area contributed by atoms with Gasteiger partial charge in [0.1, 0.15) is 6.54 Å². The standard InChI is InChI=1S/C25H35N3O3S/c1-31-16-9-15-27(25(30)26-22-12-6-3-7-13-22)20-24(29)28(19-23-14-8-17-32-23)18-21-10-4-2-5-11-21/h2,4-5,8,10-11,14,17,22H,3,6-7,9,12-13,15-16,18-20H2,1H3,(H,26,30). The highest BCUT2D eigenvalue weighted by Gasteiger charge is 2.24. The summed E-state index contributed by atoms with van der Waals surface area (Å²) < 4.78 is 5.17. The van der Waals surface area contributed by atoms with Crippen LogP contribution in [0.4, 0.5) is 4.79 Å². The molecule has 3 amide bonds. The van der Waals surface area contributed by atoms with Gasteiger partial charge in [-0.05, 0) is 36.3 Å². The summed E-state index contributed by atoms with van der Waals surface area (Å²) in [5, 5.41) is 5.19. The number of benzene rings is 1. The molecule has 1 aromatic carbocycles. The van der Waals surface area contributed by atoms with E-state index in [1.165, 1.54) is 6.42 Å². The maximum atomic E-state index is 13.4. The number of nitrogens with one attached hydrogen (secondary N) is 1. The molecule has 2 aromatic rings. The molecule has 1 heterocycles. The third-order valence-electron chi connectivity index (χ3n) is 5.82. The van der Waals surface area contributed by atoms with Crippen LogP contribution < -0.4 is 5.32 Å². The van der Waals surface area contributed by atoms with E-state index in [-0.39, 0.29) is 24.5 Å². The van der Waals surface area contributed by atoms with Crippen LogP contribution in [0.15, 0.2) is 47.8 Å². The van der Waals surface area contributed by atoms with Crippen LogP contribution in [0.2, 0.25) is 0 Å². The molecule has 1 aliphatic rings. The van der Waals surface area contributed by atoms with Crippen molar-refractivity contribution in [3.63, 3.8) is 0 Å². The maximum absolute atomic E-state index is 13.4. The Morgan fingerprint density at radius 3 is 2.50 bits per heavy atom. The molecule has 0 spiro atoms. The summed E-state index contributed by atoms with van der Waals surface area (Å²) in [5.74, 6) is -0.0431. The molecule has 0 saturated heterocycles. The zero-order valence-electron chi connectivity index (χ0n) is 19.0. The van der Waals surface area contributed by atoms with Gasteiger partial charge in [-0.15, -0.1) is 11.3 Å². The number of methoxy groups -OCH3 is 1. The maximum Gasteiger partial charge on any atom is 0.318 e. The molecule has 1 fully saturated rings. The second kappa shape index (κ2) is 13.2. The lowest BCUT2D eigenvalue weighted by molar-refractivity contribution is -0.133. The lowest BCUT2D eigenvalue weighted by Crippen LogP contribution is -2.49. The number of carbonyl (C=O) groups excluding carboxylic acids is 2. The molecule has 7 heteroatoms. The van der Waals surface area contributed by atoms with Gasteiger partial charge in [0.25, 0.3) is 0 Å². The van der Waals surface area contributed by atoms with Crippen molar-refractivity contribution < 1.29 is 14.3 Å². The van der Waals surface area contributed by atoms with Crippen molar-refractivity contribution in [1.82, 2.24) is 15.1 Å². The average Bonchev–Trinajstić information content (AvgIpc) is 3.32. The summed E-state index contributed by atoms with van der Waals surface area (Å²) in [7, 11) is 1.65. The summed E-state index contributed by atoms with van der Waals surface area (Å²) in [6.07, 6.45) is 6.28. The van der Waals surface area contributed by atoms with Crippen LogP contribution in [-0.2, 0) is 22.6 Å². The number of nitrogens with zero attached hydrogens (tertiary/aromatic N) is 2. The summed E-state index contributed by atoms with van der Waals surface area (Å²) in [5.41, 5.74) is 1.08. The first kappa shape index (κ1) is 24.3. The van der Waals surface area contributed by atoms with Crippen LogP contribution in [0.1, 0.15) is 49.0 Å². The largest absolute Gasteiger partial charge is 0.385 e. The van der Waals surface area contributed by atoms with Crippen molar-refractivity contribution in [2.24, 2.45) is 0 Å². The lowest BCUT2D eigenvalue weighted by Gasteiger charge is -2.30. The first-order valence-corrected chi connectivity index (χ1v) is 12.4. The number of hydrogen-bond acceptors (Lipinski definition) is 4. The number of hydrogen-bond donors (Lipinski definition) is 1. The van der Waals surface area contributed by atoms with Gasteiger partial charge in [0.05, 0.1) is 6.54 Å². The molecular formula is C25H35N3O3S. The van der Waals surface area contributed by atoms with Crippen molar-refractivity contribution in [2.45, 2.75) is 57.7 Å². The lowest BCUT2D eigenvalue weighted by atomic mass is 9.96. The van der Waals surface area contributed by atoms with Crippen LogP contribution in [-0.4, -0.2) is 54.6 Å². The number of carbonyl (C=O) groups is 2. The van der Waals surface area contributed by atoms with Gasteiger partial charge in [-0.1, -0.05) is 55.7 Å². The highest BCUT2D eigenvalue weighted by atomic mass is 32.1. The summed E-state index contributed by atoms with van der Waals surface area (Å²) in [6, 6.07) is 14.1. The van der Waals surface area contributed by atoms with Gasteiger partial charge in [-0.2, -0.15) is 0 Å². The molecule has 174 valence electrons. The molecule has 0 bridgehead atoms. The van der Waals surface area contributed by atoms with Crippen molar-refractivity contribution in [1.29, 1.82) is 0 Å². The monoisotopic (exact) mass is 457 g/mol. The Morgan fingerprint density at radius 1 is 1.03 bits per heavy atom. The fourth-order valence-electron chi connectivity index (χ4n) is 4.05. The summed E-state index contributed by atoms with van der Waals surface area (Å²) in [4.78, 5) is 31.1. The Labute approximate surface area is 195 Å². The molecule has 3 rings (SSSR count). The molecule has 1 N–H and O–H groups in total. The molecule has 1 aliphatic carbocycles. The SMILES string of the molecule is COCCCN(CC(=O)N(Cc1ccccc1)Cc1cccs1)C(=O)NC1CCCCC1. The highest BCUT2D eigenvalue weighted by molar-refractivity contribution is 7.09. The fourth-order valence-corrected chi connectivity index (χ4v) is 4.77. The van der Waals surface area contributed by atoms with E-state index in [0.717, 1.165) is 36.1 Å². The number of urea groups is 1. The Balaban J connectivity index is 1.67. The van der Waals surface area contributed by atoms with Crippen molar-refractivity contribution in [3.05, 3.63) is 58.3 Å². The van der Waals surface area contributed by atoms with Gasteiger partial charge >= 0.3 is 6.03 Å². The van der Waals surface area contributed by atoms with Gasteiger partial charge in [0.15, 0.2) is 0 Å². The second-order valence-electron chi connectivity index (χ2n) is 8.37. The van der Waals surface area contributed by atoms with E-state index in [9.17, 15) is 9.59 Å². The van der Waals surface area contributed by atoms with Crippen LogP contribution in [0.5, 0.6) is 0 Å². The van der Waals surface area contributed by atoms with Crippen LogP contribution in [0.25, 0.3) is 0 Å². The predicted molar refractivity (Wildman–Crippen MR) is 128 cm³/mol. The number of thiophene rings is 1. The van der Waals surface area contributed by atoms with E-state index < -0.39 is 0 Å². The van der Waals surface area contributed by atoms with Gasteiger partial charge in [-0.25, -0.2) is 4.79 Å². The molecule has 1 saturated carbocycles. The third kappa shape index (κ3) is 7.95. The van der Waals surface area contributed by atoms with E-state index in [0.29, 0.717) is 32.7 Å². The fraction of sp³-hybridized carbons (Fsp3) is 0.520. The van der Waals surface area contributed by atoms with E-state index in [4.69, 9.17) is 4.74 Å². The van der Waals surface area contributed by atoms with E-state index >= 15 is 0 Å². The molecule has 32 heavy (non-hydrogen) atoms. The normalized spacial score (nSPS) is 14.2.